The summed E-state index contributed by atoms with van der Waals surface area (Å²) >= 11 is 0. The number of hydrogen-bond acceptors (Lipinski definition) is 4. The van der Waals surface area contributed by atoms with Crippen LogP contribution in [0, 0.1) is 6.92 Å². The smallest absolute Gasteiger partial charge is 0.152 e. The van der Waals surface area contributed by atoms with E-state index in [9.17, 15) is 0 Å². The van der Waals surface area contributed by atoms with E-state index in [1.807, 2.05) is 32.0 Å². The first-order valence-corrected chi connectivity index (χ1v) is 4.82. The first-order valence-electron chi connectivity index (χ1n) is 4.82. The van der Waals surface area contributed by atoms with Crippen LogP contribution in [0.1, 0.15) is 24.6 Å². The van der Waals surface area contributed by atoms with Crippen molar-refractivity contribution in [2.75, 3.05) is 0 Å². The zero-order valence-corrected chi connectivity index (χ0v) is 8.77. The minimum Gasteiger partial charge on any atom is -0.460 e. The zero-order chi connectivity index (χ0) is 10.8. The zero-order valence-electron chi connectivity index (χ0n) is 8.77. The summed E-state index contributed by atoms with van der Waals surface area (Å²) in [4.78, 5) is 8.42. The molecule has 1 atom stereocenters. The standard InChI is InChI=1S/C11H13N3O/c1-7-3-4-10(15-7)9-5-6-13-11(14-9)8(2)12/h3-6,8H,12H2,1-2H3. The van der Waals surface area contributed by atoms with Crippen LogP contribution in [0.2, 0.25) is 0 Å². The van der Waals surface area contributed by atoms with Gasteiger partial charge in [-0.3, -0.25) is 0 Å². The van der Waals surface area contributed by atoms with Gasteiger partial charge in [0, 0.05) is 6.20 Å². The molecule has 0 saturated carbocycles. The van der Waals surface area contributed by atoms with Gasteiger partial charge in [-0.25, -0.2) is 9.97 Å². The number of aryl methyl sites for hydroxylation is 1. The summed E-state index contributed by atoms with van der Waals surface area (Å²) in [5.41, 5.74) is 6.48. The van der Waals surface area contributed by atoms with Crippen molar-refractivity contribution in [1.29, 1.82) is 0 Å². The highest BCUT2D eigenvalue weighted by atomic mass is 16.3. The second kappa shape index (κ2) is 3.82. The molecule has 0 aromatic carbocycles. The van der Waals surface area contributed by atoms with Gasteiger partial charge in [-0.2, -0.15) is 0 Å². The Balaban J connectivity index is 2.41. The third-order valence-electron chi connectivity index (χ3n) is 2.07. The molecule has 2 heterocycles. The predicted octanol–water partition coefficient (Wildman–Crippen LogP) is 2.06. The monoisotopic (exact) mass is 203 g/mol. The highest BCUT2D eigenvalue weighted by Gasteiger charge is 2.07. The van der Waals surface area contributed by atoms with Crippen LogP contribution in [0.5, 0.6) is 0 Å². The number of nitrogens with two attached hydrogens (primary N) is 1. The Morgan fingerprint density at radius 2 is 2.13 bits per heavy atom. The van der Waals surface area contributed by atoms with Gasteiger partial charge in [0.2, 0.25) is 0 Å². The van der Waals surface area contributed by atoms with Crippen LogP contribution in [0.25, 0.3) is 11.5 Å². The fraction of sp³-hybridized carbons (Fsp3) is 0.273. The predicted molar refractivity (Wildman–Crippen MR) is 57.1 cm³/mol. The lowest BCUT2D eigenvalue weighted by atomic mass is 10.3. The average Bonchev–Trinajstić information content (AvgIpc) is 2.65. The summed E-state index contributed by atoms with van der Waals surface area (Å²) in [5.74, 6) is 2.24. The van der Waals surface area contributed by atoms with E-state index in [1.54, 1.807) is 6.20 Å². The quantitative estimate of drug-likeness (QED) is 0.811. The summed E-state index contributed by atoms with van der Waals surface area (Å²) in [7, 11) is 0. The van der Waals surface area contributed by atoms with Gasteiger partial charge in [-0.15, -0.1) is 0 Å². The molecule has 0 amide bonds. The Labute approximate surface area is 88.2 Å². The lowest BCUT2D eigenvalue weighted by Crippen LogP contribution is -2.09. The lowest BCUT2D eigenvalue weighted by molar-refractivity contribution is 0.545. The maximum absolute atomic E-state index is 5.71. The minimum atomic E-state index is -0.166. The van der Waals surface area contributed by atoms with Crippen molar-refractivity contribution in [1.82, 2.24) is 9.97 Å². The molecule has 15 heavy (non-hydrogen) atoms. The second-order valence-electron chi connectivity index (χ2n) is 3.50. The number of aromatic nitrogens is 2. The number of furan rings is 1. The maximum Gasteiger partial charge on any atom is 0.152 e. The Hall–Kier alpha value is -1.68. The molecule has 0 bridgehead atoms. The molecule has 0 aliphatic rings. The molecule has 0 aliphatic heterocycles. The molecule has 2 N–H and O–H groups in total. The van der Waals surface area contributed by atoms with Crippen LogP contribution in [0.15, 0.2) is 28.8 Å². The molecule has 0 spiro atoms. The SMILES string of the molecule is Cc1ccc(-c2ccnc(C(C)N)n2)o1. The topological polar surface area (TPSA) is 64.9 Å². The van der Waals surface area contributed by atoms with Crippen molar-refractivity contribution < 1.29 is 4.42 Å². The van der Waals surface area contributed by atoms with Crippen molar-refractivity contribution in [2.24, 2.45) is 5.73 Å². The van der Waals surface area contributed by atoms with Gasteiger partial charge in [0.25, 0.3) is 0 Å². The van der Waals surface area contributed by atoms with Crippen molar-refractivity contribution in [3.8, 4) is 11.5 Å². The van der Waals surface area contributed by atoms with Crippen molar-refractivity contribution in [3.05, 3.63) is 36.0 Å². The van der Waals surface area contributed by atoms with Crippen molar-refractivity contribution in [3.63, 3.8) is 0 Å². The summed E-state index contributed by atoms with van der Waals surface area (Å²) in [6.07, 6.45) is 1.69. The Morgan fingerprint density at radius 1 is 1.33 bits per heavy atom. The van der Waals surface area contributed by atoms with E-state index in [0.29, 0.717) is 5.82 Å². The fourth-order valence-electron chi connectivity index (χ4n) is 1.30. The largest absolute Gasteiger partial charge is 0.460 e. The summed E-state index contributed by atoms with van der Waals surface area (Å²) in [5, 5.41) is 0. The van der Waals surface area contributed by atoms with Crippen LogP contribution in [-0.4, -0.2) is 9.97 Å². The highest BCUT2D eigenvalue weighted by molar-refractivity contribution is 5.51. The number of rotatable bonds is 2. The number of nitrogens with zero attached hydrogens (tertiary/aromatic N) is 2. The van der Waals surface area contributed by atoms with Crippen LogP contribution in [0.3, 0.4) is 0 Å². The molecule has 78 valence electrons. The molecule has 0 saturated heterocycles. The molecule has 4 heteroatoms. The first-order chi connectivity index (χ1) is 7.16. The molecular weight excluding hydrogens is 190 g/mol. The third kappa shape index (κ3) is 2.05. The second-order valence-corrected chi connectivity index (χ2v) is 3.50. The molecule has 4 nitrogen and oxygen atoms in total. The van der Waals surface area contributed by atoms with E-state index in [-0.39, 0.29) is 6.04 Å². The van der Waals surface area contributed by atoms with Crippen molar-refractivity contribution >= 4 is 0 Å². The van der Waals surface area contributed by atoms with E-state index in [2.05, 4.69) is 9.97 Å². The summed E-state index contributed by atoms with van der Waals surface area (Å²) in [6.45, 7) is 3.75. The van der Waals surface area contributed by atoms with Crippen LogP contribution >= 0.6 is 0 Å². The molecule has 2 aromatic rings. The Kier molecular flexibility index (Phi) is 2.51. The maximum atomic E-state index is 5.71. The highest BCUT2D eigenvalue weighted by Crippen LogP contribution is 2.20. The van der Waals surface area contributed by atoms with Crippen LogP contribution in [-0.2, 0) is 0 Å². The van der Waals surface area contributed by atoms with E-state index in [4.69, 9.17) is 10.2 Å². The Morgan fingerprint density at radius 3 is 2.73 bits per heavy atom. The Bertz CT molecular complexity index is 462. The van der Waals surface area contributed by atoms with Gasteiger partial charge >= 0.3 is 0 Å². The third-order valence-corrected chi connectivity index (χ3v) is 2.07. The first kappa shape index (κ1) is 9.86. The van der Waals surface area contributed by atoms with E-state index < -0.39 is 0 Å². The molecule has 0 radical (unpaired) electrons. The fourth-order valence-corrected chi connectivity index (χ4v) is 1.30. The lowest BCUT2D eigenvalue weighted by Gasteiger charge is -2.04. The summed E-state index contributed by atoms with van der Waals surface area (Å²) < 4.78 is 5.47. The van der Waals surface area contributed by atoms with Gasteiger partial charge in [0.05, 0.1) is 6.04 Å². The molecule has 2 aromatic heterocycles. The van der Waals surface area contributed by atoms with Gasteiger partial charge in [0.15, 0.2) is 5.76 Å². The van der Waals surface area contributed by atoms with Gasteiger partial charge < -0.3 is 10.2 Å². The molecular formula is C11H13N3O. The van der Waals surface area contributed by atoms with E-state index in [0.717, 1.165) is 17.2 Å². The van der Waals surface area contributed by atoms with Crippen molar-refractivity contribution in [2.45, 2.75) is 19.9 Å². The molecule has 0 fully saturated rings. The summed E-state index contributed by atoms with van der Waals surface area (Å²) in [6, 6.07) is 5.44. The van der Waals surface area contributed by atoms with E-state index >= 15 is 0 Å². The average molecular weight is 203 g/mol. The van der Waals surface area contributed by atoms with Crippen LogP contribution < -0.4 is 5.73 Å². The molecule has 2 rings (SSSR count). The van der Waals surface area contributed by atoms with Gasteiger partial charge in [-0.1, -0.05) is 0 Å². The number of hydrogen-bond donors (Lipinski definition) is 1. The van der Waals surface area contributed by atoms with Gasteiger partial charge in [0.1, 0.15) is 17.3 Å². The molecule has 0 aliphatic carbocycles. The minimum absolute atomic E-state index is 0.166. The normalized spacial score (nSPS) is 12.7. The molecule has 1 unspecified atom stereocenters. The van der Waals surface area contributed by atoms with Crippen LogP contribution in [0.4, 0.5) is 0 Å². The van der Waals surface area contributed by atoms with Gasteiger partial charge in [-0.05, 0) is 32.0 Å². The van der Waals surface area contributed by atoms with E-state index in [1.165, 1.54) is 0 Å².